The maximum absolute atomic E-state index is 13.5. The summed E-state index contributed by atoms with van der Waals surface area (Å²) >= 11 is 9.15. The molecular weight excluding hydrogens is 331 g/mol. The van der Waals surface area contributed by atoms with Crippen LogP contribution in [0.1, 0.15) is 27.0 Å². The highest BCUT2D eigenvalue weighted by Crippen LogP contribution is 2.25. The van der Waals surface area contributed by atoms with Crippen molar-refractivity contribution in [2.75, 3.05) is 0 Å². The quantitative estimate of drug-likeness (QED) is 0.695. The molecule has 1 nitrogen and oxygen atoms in total. The van der Waals surface area contributed by atoms with Gasteiger partial charge in [-0.3, -0.25) is 4.79 Å². The van der Waals surface area contributed by atoms with E-state index in [4.69, 9.17) is 11.6 Å². The van der Waals surface area contributed by atoms with Crippen molar-refractivity contribution in [3.05, 3.63) is 67.9 Å². The van der Waals surface area contributed by atoms with Crippen molar-refractivity contribution in [1.29, 1.82) is 0 Å². The van der Waals surface area contributed by atoms with E-state index in [9.17, 15) is 9.18 Å². The number of hydrogen-bond donors (Lipinski definition) is 0. The zero-order valence-corrected chi connectivity index (χ0v) is 12.8. The zero-order valence-electron chi connectivity index (χ0n) is 10.4. The summed E-state index contributed by atoms with van der Waals surface area (Å²) in [6.07, 6.45) is 0. The van der Waals surface area contributed by atoms with Gasteiger partial charge in [-0.05, 0) is 71.2 Å². The van der Waals surface area contributed by atoms with E-state index in [-0.39, 0.29) is 11.3 Å². The third-order valence-electron chi connectivity index (χ3n) is 3.01. The molecule has 0 aliphatic rings. The highest BCUT2D eigenvalue weighted by Gasteiger charge is 2.15. The molecule has 98 valence electrons. The van der Waals surface area contributed by atoms with Crippen LogP contribution >= 0.6 is 27.5 Å². The van der Waals surface area contributed by atoms with Gasteiger partial charge in [-0.15, -0.1) is 0 Å². The van der Waals surface area contributed by atoms with Gasteiger partial charge >= 0.3 is 0 Å². The van der Waals surface area contributed by atoms with Gasteiger partial charge in [-0.25, -0.2) is 4.39 Å². The first-order chi connectivity index (χ1) is 8.90. The lowest BCUT2D eigenvalue weighted by molar-refractivity contribution is 0.103. The molecule has 2 rings (SSSR count). The summed E-state index contributed by atoms with van der Waals surface area (Å²) in [6.45, 7) is 3.83. The lowest BCUT2D eigenvalue weighted by Crippen LogP contribution is -2.04. The van der Waals surface area contributed by atoms with Crippen molar-refractivity contribution in [1.82, 2.24) is 0 Å². The van der Waals surface area contributed by atoms with E-state index in [1.165, 1.54) is 12.1 Å². The summed E-state index contributed by atoms with van der Waals surface area (Å²) in [6, 6.07) is 7.77. The fourth-order valence-corrected chi connectivity index (χ4v) is 2.30. The van der Waals surface area contributed by atoms with E-state index in [1.807, 2.05) is 13.8 Å². The van der Waals surface area contributed by atoms with Crippen molar-refractivity contribution >= 4 is 33.3 Å². The van der Waals surface area contributed by atoms with Crippen LogP contribution in [0.3, 0.4) is 0 Å². The van der Waals surface area contributed by atoms with Crippen LogP contribution in [0.15, 0.2) is 34.8 Å². The molecule has 0 atom stereocenters. The molecule has 0 amide bonds. The minimum Gasteiger partial charge on any atom is -0.289 e. The summed E-state index contributed by atoms with van der Waals surface area (Å²) in [5, 5.41) is 0.386. The van der Waals surface area contributed by atoms with Crippen molar-refractivity contribution in [2.45, 2.75) is 13.8 Å². The predicted octanol–water partition coefficient (Wildman–Crippen LogP) is 5.09. The summed E-state index contributed by atoms with van der Waals surface area (Å²) in [4.78, 5) is 12.3. The number of halogens is 3. The summed E-state index contributed by atoms with van der Waals surface area (Å²) in [5.41, 5.74) is 2.67. The Morgan fingerprint density at radius 3 is 2.42 bits per heavy atom. The molecule has 0 aromatic heterocycles. The highest BCUT2D eigenvalue weighted by atomic mass is 79.9. The van der Waals surface area contributed by atoms with Gasteiger partial charge in [0.1, 0.15) is 5.82 Å². The van der Waals surface area contributed by atoms with E-state index in [2.05, 4.69) is 15.9 Å². The molecule has 0 aliphatic carbocycles. The van der Waals surface area contributed by atoms with Crippen molar-refractivity contribution in [3.63, 3.8) is 0 Å². The van der Waals surface area contributed by atoms with Gasteiger partial charge < -0.3 is 0 Å². The molecule has 4 heteroatoms. The van der Waals surface area contributed by atoms with Gasteiger partial charge in [0.15, 0.2) is 5.78 Å². The second kappa shape index (κ2) is 5.43. The minimum atomic E-state index is -0.467. The van der Waals surface area contributed by atoms with Crippen molar-refractivity contribution in [3.8, 4) is 0 Å². The molecule has 19 heavy (non-hydrogen) atoms. The van der Waals surface area contributed by atoms with Gasteiger partial charge in [0.2, 0.25) is 0 Å². The Balaban J connectivity index is 2.49. The van der Waals surface area contributed by atoms with Crippen LogP contribution in [-0.4, -0.2) is 5.78 Å². The lowest BCUT2D eigenvalue weighted by Gasteiger charge is -2.08. The van der Waals surface area contributed by atoms with Crippen LogP contribution in [0.5, 0.6) is 0 Å². The molecule has 2 aromatic carbocycles. The van der Waals surface area contributed by atoms with Crippen LogP contribution < -0.4 is 0 Å². The summed E-state index contributed by atoms with van der Waals surface area (Å²) in [5.74, 6) is -0.745. The Kier molecular flexibility index (Phi) is 4.07. The molecule has 0 spiro atoms. The van der Waals surface area contributed by atoms with Gasteiger partial charge in [0, 0.05) is 11.1 Å². The molecule has 0 bridgehead atoms. The zero-order chi connectivity index (χ0) is 14.2. The topological polar surface area (TPSA) is 17.1 Å². The molecule has 0 fully saturated rings. The standard InChI is InChI=1S/C15H11BrClFO/c1-8-5-11(13(17)6-9(8)2)15(19)10-3-4-12(16)14(18)7-10/h3-7H,1-2H3. The summed E-state index contributed by atoms with van der Waals surface area (Å²) < 4.78 is 13.8. The molecule has 0 N–H and O–H groups in total. The number of hydrogen-bond acceptors (Lipinski definition) is 1. The van der Waals surface area contributed by atoms with Crippen molar-refractivity contribution < 1.29 is 9.18 Å². The minimum absolute atomic E-state index is 0.278. The normalized spacial score (nSPS) is 10.6. The largest absolute Gasteiger partial charge is 0.289 e. The van der Waals surface area contributed by atoms with E-state index < -0.39 is 5.82 Å². The number of ketones is 1. The second-order valence-corrected chi connectivity index (χ2v) is 5.64. The highest BCUT2D eigenvalue weighted by molar-refractivity contribution is 9.10. The van der Waals surface area contributed by atoms with Crippen molar-refractivity contribution in [2.24, 2.45) is 0 Å². The Morgan fingerprint density at radius 2 is 1.79 bits per heavy atom. The molecule has 2 aromatic rings. The average Bonchev–Trinajstić information content (AvgIpc) is 2.36. The molecule has 0 aliphatic heterocycles. The monoisotopic (exact) mass is 340 g/mol. The third-order valence-corrected chi connectivity index (χ3v) is 3.97. The van der Waals surface area contributed by atoms with Crippen LogP contribution in [0.25, 0.3) is 0 Å². The number of rotatable bonds is 2. The number of carbonyl (C=O) groups is 1. The molecule has 0 saturated carbocycles. The average molecular weight is 342 g/mol. The van der Waals surface area contributed by atoms with E-state index in [0.29, 0.717) is 15.1 Å². The maximum atomic E-state index is 13.5. The van der Waals surface area contributed by atoms with Gasteiger partial charge in [-0.2, -0.15) is 0 Å². The number of aryl methyl sites for hydroxylation is 2. The summed E-state index contributed by atoms with van der Waals surface area (Å²) in [7, 11) is 0. The molecular formula is C15H11BrClFO. The van der Waals surface area contributed by atoms with Crippen LogP contribution in [-0.2, 0) is 0 Å². The van der Waals surface area contributed by atoms with E-state index in [1.54, 1.807) is 18.2 Å². The molecule has 0 heterocycles. The fraction of sp³-hybridized carbons (Fsp3) is 0.133. The molecule has 0 unspecified atom stereocenters. The number of benzene rings is 2. The van der Waals surface area contributed by atoms with Gasteiger partial charge in [-0.1, -0.05) is 11.6 Å². The van der Waals surface area contributed by atoms with E-state index >= 15 is 0 Å². The van der Waals surface area contributed by atoms with Gasteiger partial charge in [0.25, 0.3) is 0 Å². The predicted molar refractivity (Wildman–Crippen MR) is 78.5 cm³/mol. The van der Waals surface area contributed by atoms with Gasteiger partial charge in [0.05, 0.1) is 9.50 Å². The lowest BCUT2D eigenvalue weighted by atomic mass is 9.99. The van der Waals surface area contributed by atoms with Crippen LogP contribution in [0.4, 0.5) is 4.39 Å². The smallest absolute Gasteiger partial charge is 0.194 e. The van der Waals surface area contributed by atoms with Crippen LogP contribution in [0, 0.1) is 19.7 Å². The fourth-order valence-electron chi connectivity index (χ4n) is 1.75. The second-order valence-electron chi connectivity index (χ2n) is 4.37. The first-order valence-corrected chi connectivity index (χ1v) is 6.83. The van der Waals surface area contributed by atoms with E-state index in [0.717, 1.165) is 11.1 Å². The Hall–Kier alpha value is -1.19. The first-order valence-electron chi connectivity index (χ1n) is 5.66. The Labute approximate surface area is 124 Å². The molecule has 0 saturated heterocycles. The molecule has 0 radical (unpaired) electrons. The van der Waals surface area contributed by atoms with Crippen LogP contribution in [0.2, 0.25) is 5.02 Å². The Morgan fingerprint density at radius 1 is 1.16 bits per heavy atom. The number of carbonyl (C=O) groups excluding carboxylic acids is 1. The Bertz CT molecular complexity index is 667. The first kappa shape index (κ1) is 14.2. The maximum Gasteiger partial charge on any atom is 0.194 e. The third kappa shape index (κ3) is 2.88. The SMILES string of the molecule is Cc1cc(Cl)c(C(=O)c2ccc(Br)c(F)c2)cc1C.